The molecule has 0 heterocycles. The van der Waals surface area contributed by atoms with E-state index >= 15 is 0 Å². The Balaban J connectivity index is 2.84. The van der Waals surface area contributed by atoms with Gasteiger partial charge >= 0.3 is 0 Å². The first kappa shape index (κ1) is 6.93. The van der Waals surface area contributed by atoms with Gasteiger partial charge in [-0.05, 0) is 12.5 Å². The second kappa shape index (κ2) is 3.11. The molecule has 2 heteroatoms. The second-order valence-corrected chi connectivity index (χ2v) is 2.19. The van der Waals surface area contributed by atoms with E-state index < -0.39 is 0 Å². The number of nitrogens with zero attached hydrogens (tertiary/aromatic N) is 1. The van der Waals surface area contributed by atoms with Gasteiger partial charge in [0.15, 0.2) is 0 Å². The van der Waals surface area contributed by atoms with E-state index in [2.05, 4.69) is 5.18 Å². The number of benzene rings is 1. The van der Waals surface area contributed by atoms with Crippen molar-refractivity contribution in [3.8, 4) is 0 Å². The Morgan fingerprint density at radius 2 is 1.90 bits per heavy atom. The molecular formula is C8H9NO. The lowest BCUT2D eigenvalue weighted by atomic mass is 10.1. The molecule has 0 radical (unpaired) electrons. The van der Waals surface area contributed by atoms with Crippen LogP contribution in [-0.2, 0) is 0 Å². The van der Waals surface area contributed by atoms with Crippen LogP contribution in [0, 0.1) is 4.91 Å². The van der Waals surface area contributed by atoms with Crippen molar-refractivity contribution in [2.45, 2.75) is 13.0 Å². The number of hydrogen-bond donors (Lipinski definition) is 0. The van der Waals surface area contributed by atoms with Crippen molar-refractivity contribution in [2.75, 3.05) is 0 Å². The van der Waals surface area contributed by atoms with E-state index in [9.17, 15) is 4.91 Å². The normalized spacial score (nSPS) is 12.5. The average molecular weight is 135 g/mol. The van der Waals surface area contributed by atoms with Crippen molar-refractivity contribution < 1.29 is 0 Å². The topological polar surface area (TPSA) is 29.4 Å². The fourth-order valence-corrected chi connectivity index (χ4v) is 0.792. The van der Waals surface area contributed by atoms with Gasteiger partial charge in [-0.2, -0.15) is 4.91 Å². The maximum absolute atomic E-state index is 10.1. The van der Waals surface area contributed by atoms with Gasteiger partial charge in [0, 0.05) is 0 Å². The van der Waals surface area contributed by atoms with Crippen LogP contribution in [0.15, 0.2) is 35.5 Å². The van der Waals surface area contributed by atoms with Crippen LogP contribution in [0.4, 0.5) is 0 Å². The van der Waals surface area contributed by atoms with Gasteiger partial charge in [0.05, 0.1) is 0 Å². The standard InChI is InChI=1S/C8H9NO/c1-7(9-10)8-5-3-2-4-6-8/h2-7H,1H3. The van der Waals surface area contributed by atoms with Gasteiger partial charge in [-0.15, -0.1) is 0 Å². The van der Waals surface area contributed by atoms with E-state index in [1.165, 1.54) is 0 Å². The second-order valence-electron chi connectivity index (χ2n) is 2.19. The van der Waals surface area contributed by atoms with Gasteiger partial charge in [-0.25, -0.2) is 0 Å². The Kier molecular flexibility index (Phi) is 2.15. The molecule has 1 aromatic rings. The minimum atomic E-state index is -0.221. The average Bonchev–Trinajstić information content (AvgIpc) is 2.05. The highest BCUT2D eigenvalue weighted by molar-refractivity contribution is 5.17. The molecule has 0 amide bonds. The van der Waals surface area contributed by atoms with E-state index in [-0.39, 0.29) is 6.04 Å². The van der Waals surface area contributed by atoms with Gasteiger partial charge < -0.3 is 0 Å². The number of hydrogen-bond acceptors (Lipinski definition) is 2. The minimum Gasteiger partial charge on any atom is -0.150 e. The van der Waals surface area contributed by atoms with Crippen LogP contribution >= 0.6 is 0 Å². The number of nitroso groups, excluding NO2 is 1. The fourth-order valence-electron chi connectivity index (χ4n) is 0.792. The maximum atomic E-state index is 10.1. The predicted octanol–water partition coefficient (Wildman–Crippen LogP) is 2.51. The molecule has 0 aliphatic rings. The molecule has 0 fully saturated rings. The molecule has 1 unspecified atom stereocenters. The zero-order valence-corrected chi connectivity index (χ0v) is 5.82. The van der Waals surface area contributed by atoms with Gasteiger partial charge in [-0.1, -0.05) is 35.5 Å². The molecule has 2 nitrogen and oxygen atoms in total. The Labute approximate surface area is 59.9 Å². The third-order valence-electron chi connectivity index (χ3n) is 1.44. The van der Waals surface area contributed by atoms with Crippen LogP contribution < -0.4 is 0 Å². The zero-order chi connectivity index (χ0) is 7.40. The molecule has 0 aliphatic carbocycles. The lowest BCUT2D eigenvalue weighted by Crippen LogP contribution is -1.85. The molecule has 0 N–H and O–H groups in total. The minimum absolute atomic E-state index is 0.221. The molecule has 0 saturated heterocycles. The molecular weight excluding hydrogens is 126 g/mol. The van der Waals surface area contributed by atoms with Crippen molar-refractivity contribution in [2.24, 2.45) is 5.18 Å². The summed E-state index contributed by atoms with van der Waals surface area (Å²) in [7, 11) is 0. The summed E-state index contributed by atoms with van der Waals surface area (Å²) in [5.41, 5.74) is 0.970. The van der Waals surface area contributed by atoms with Crippen LogP contribution in [0.1, 0.15) is 18.5 Å². The van der Waals surface area contributed by atoms with Crippen molar-refractivity contribution in [1.29, 1.82) is 0 Å². The van der Waals surface area contributed by atoms with Crippen molar-refractivity contribution in [1.82, 2.24) is 0 Å². The predicted molar refractivity (Wildman–Crippen MR) is 40.7 cm³/mol. The Hall–Kier alpha value is -1.18. The zero-order valence-electron chi connectivity index (χ0n) is 5.82. The van der Waals surface area contributed by atoms with E-state index in [0.717, 1.165) is 5.56 Å². The van der Waals surface area contributed by atoms with E-state index in [4.69, 9.17) is 0 Å². The molecule has 0 aliphatic heterocycles. The smallest absolute Gasteiger partial charge is 0.114 e. The lowest BCUT2D eigenvalue weighted by molar-refractivity contribution is 0.811. The van der Waals surface area contributed by atoms with Crippen LogP contribution in [0.2, 0.25) is 0 Å². The van der Waals surface area contributed by atoms with Crippen molar-refractivity contribution in [3.05, 3.63) is 40.8 Å². The highest BCUT2D eigenvalue weighted by Gasteiger charge is 2.00. The monoisotopic (exact) mass is 135 g/mol. The van der Waals surface area contributed by atoms with Gasteiger partial charge in [0.1, 0.15) is 6.04 Å². The number of rotatable bonds is 2. The summed E-state index contributed by atoms with van der Waals surface area (Å²) in [4.78, 5) is 10.1. The SMILES string of the molecule is CC(N=O)c1ccccc1. The molecule has 0 aromatic heterocycles. The molecule has 1 atom stereocenters. The maximum Gasteiger partial charge on any atom is 0.114 e. The summed E-state index contributed by atoms with van der Waals surface area (Å²) in [6.07, 6.45) is 0. The van der Waals surface area contributed by atoms with Crippen LogP contribution in [-0.4, -0.2) is 0 Å². The molecule has 1 aromatic carbocycles. The van der Waals surface area contributed by atoms with E-state index in [1.54, 1.807) is 6.92 Å². The first-order valence-corrected chi connectivity index (χ1v) is 3.22. The summed E-state index contributed by atoms with van der Waals surface area (Å²) < 4.78 is 0. The molecule has 0 bridgehead atoms. The summed E-state index contributed by atoms with van der Waals surface area (Å²) in [6, 6.07) is 9.29. The largest absolute Gasteiger partial charge is 0.150 e. The highest BCUT2D eigenvalue weighted by atomic mass is 16.3. The van der Waals surface area contributed by atoms with E-state index in [0.29, 0.717) is 0 Å². The van der Waals surface area contributed by atoms with Crippen LogP contribution in [0.3, 0.4) is 0 Å². The van der Waals surface area contributed by atoms with Crippen molar-refractivity contribution in [3.63, 3.8) is 0 Å². The fraction of sp³-hybridized carbons (Fsp3) is 0.250. The molecule has 0 saturated carbocycles. The third kappa shape index (κ3) is 1.41. The van der Waals surface area contributed by atoms with E-state index in [1.807, 2.05) is 30.3 Å². The molecule has 10 heavy (non-hydrogen) atoms. The first-order chi connectivity index (χ1) is 4.84. The summed E-state index contributed by atoms with van der Waals surface area (Å²) in [5, 5.41) is 2.91. The van der Waals surface area contributed by atoms with Gasteiger partial charge in [0.25, 0.3) is 0 Å². The summed E-state index contributed by atoms with van der Waals surface area (Å²) in [5.74, 6) is 0. The Bertz CT molecular complexity index is 208. The van der Waals surface area contributed by atoms with Gasteiger partial charge in [-0.3, -0.25) is 0 Å². The molecule has 52 valence electrons. The Morgan fingerprint density at radius 3 is 2.40 bits per heavy atom. The molecule has 0 spiro atoms. The first-order valence-electron chi connectivity index (χ1n) is 3.22. The highest BCUT2D eigenvalue weighted by Crippen LogP contribution is 2.14. The quantitative estimate of drug-likeness (QED) is 0.573. The summed E-state index contributed by atoms with van der Waals surface area (Å²) >= 11 is 0. The van der Waals surface area contributed by atoms with Crippen molar-refractivity contribution >= 4 is 0 Å². The summed E-state index contributed by atoms with van der Waals surface area (Å²) in [6.45, 7) is 1.78. The van der Waals surface area contributed by atoms with Crippen LogP contribution in [0.25, 0.3) is 0 Å². The molecule has 1 rings (SSSR count). The van der Waals surface area contributed by atoms with Crippen LogP contribution in [0.5, 0.6) is 0 Å². The Morgan fingerprint density at radius 1 is 1.30 bits per heavy atom. The third-order valence-corrected chi connectivity index (χ3v) is 1.44. The lowest BCUT2D eigenvalue weighted by Gasteiger charge is -1.99. The van der Waals surface area contributed by atoms with Gasteiger partial charge in [0.2, 0.25) is 0 Å².